The first-order valence-electron chi connectivity index (χ1n) is 17.9. The van der Waals surface area contributed by atoms with Gasteiger partial charge in [-0.1, -0.05) is 79.2 Å². The van der Waals surface area contributed by atoms with E-state index in [9.17, 15) is 0 Å². The van der Waals surface area contributed by atoms with Crippen molar-refractivity contribution in [1.29, 1.82) is 0 Å². The first kappa shape index (κ1) is 36.4. The van der Waals surface area contributed by atoms with Crippen molar-refractivity contribution in [2.75, 3.05) is 13.2 Å². The Kier molecular flexibility index (Phi) is 14.6. The highest BCUT2D eigenvalue weighted by Crippen LogP contribution is 2.44. The van der Waals surface area contributed by atoms with Gasteiger partial charge >= 0.3 is 0 Å². The molecule has 7 unspecified atom stereocenters. The number of rotatable bonds is 19. The lowest BCUT2D eigenvalue weighted by Crippen LogP contribution is -2.17. The van der Waals surface area contributed by atoms with Gasteiger partial charge in [-0.05, 0) is 125 Å². The van der Waals surface area contributed by atoms with Crippen LogP contribution >= 0.6 is 0 Å². The van der Waals surface area contributed by atoms with E-state index in [1.807, 2.05) is 0 Å². The normalized spacial score (nSPS) is 25.8. The molecule has 2 aromatic carbocycles. The fourth-order valence-electron chi connectivity index (χ4n) is 6.01. The Morgan fingerprint density at radius 1 is 0.636 bits per heavy atom. The second-order valence-electron chi connectivity index (χ2n) is 13.9. The monoisotopic (exact) mass is 608 g/mol. The summed E-state index contributed by atoms with van der Waals surface area (Å²) in [6.07, 6.45) is 12.5. The maximum absolute atomic E-state index is 5.89. The van der Waals surface area contributed by atoms with Crippen molar-refractivity contribution in [2.24, 2.45) is 17.8 Å². The van der Waals surface area contributed by atoms with Crippen LogP contribution in [0.1, 0.15) is 125 Å². The van der Waals surface area contributed by atoms with Crippen molar-refractivity contribution in [2.45, 2.75) is 150 Å². The SMILES string of the molecule is CCc1ccc(OCCC(C)C(C)CC2OC2(C)CC)cc1.CCc1ccc(OCCC(CC)CCC2OC2(C)CC)cc1. The van der Waals surface area contributed by atoms with Gasteiger partial charge in [0.2, 0.25) is 0 Å². The lowest BCUT2D eigenvalue weighted by Gasteiger charge is -2.19. The van der Waals surface area contributed by atoms with Gasteiger partial charge in [0.15, 0.2) is 0 Å². The first-order chi connectivity index (χ1) is 21.1. The summed E-state index contributed by atoms with van der Waals surface area (Å²) in [7, 11) is 0. The molecule has 0 amide bonds. The van der Waals surface area contributed by atoms with E-state index in [1.54, 1.807) is 0 Å². The molecule has 0 aliphatic carbocycles. The highest BCUT2D eigenvalue weighted by atomic mass is 16.6. The number of epoxide rings is 2. The molecular weight excluding hydrogens is 544 g/mol. The Morgan fingerprint density at radius 2 is 1.11 bits per heavy atom. The average molecular weight is 609 g/mol. The lowest BCUT2D eigenvalue weighted by atomic mass is 9.86. The molecule has 0 spiro atoms. The van der Waals surface area contributed by atoms with Gasteiger partial charge in [0, 0.05) is 0 Å². The van der Waals surface area contributed by atoms with Gasteiger partial charge < -0.3 is 18.9 Å². The molecule has 0 N–H and O–H groups in total. The fraction of sp³-hybridized carbons (Fsp3) is 0.700. The number of hydrogen-bond acceptors (Lipinski definition) is 4. The largest absolute Gasteiger partial charge is 0.494 e. The molecule has 4 nitrogen and oxygen atoms in total. The zero-order chi connectivity index (χ0) is 32.2. The maximum Gasteiger partial charge on any atom is 0.119 e. The average Bonchev–Trinajstić information content (AvgIpc) is 3.92. The zero-order valence-corrected chi connectivity index (χ0v) is 29.6. The predicted molar refractivity (Wildman–Crippen MR) is 185 cm³/mol. The first-order valence-corrected chi connectivity index (χ1v) is 17.9. The van der Waals surface area contributed by atoms with Crippen molar-refractivity contribution in [3.05, 3.63) is 59.7 Å². The van der Waals surface area contributed by atoms with E-state index in [2.05, 4.69) is 111 Å². The molecule has 4 rings (SSSR count). The molecule has 0 bridgehead atoms. The second-order valence-corrected chi connectivity index (χ2v) is 13.9. The van der Waals surface area contributed by atoms with Crippen LogP contribution in [0, 0.1) is 17.8 Å². The van der Waals surface area contributed by atoms with Crippen LogP contribution in [0.4, 0.5) is 0 Å². The zero-order valence-electron chi connectivity index (χ0n) is 29.6. The molecule has 248 valence electrons. The van der Waals surface area contributed by atoms with E-state index in [0.717, 1.165) is 69.2 Å². The molecule has 2 heterocycles. The van der Waals surface area contributed by atoms with Crippen LogP contribution in [-0.2, 0) is 22.3 Å². The van der Waals surface area contributed by atoms with Gasteiger partial charge in [-0.3, -0.25) is 0 Å². The molecule has 2 fully saturated rings. The second kappa shape index (κ2) is 17.6. The van der Waals surface area contributed by atoms with Gasteiger partial charge in [0.05, 0.1) is 36.6 Å². The quantitative estimate of drug-likeness (QED) is 0.149. The Balaban J connectivity index is 0.000000240. The molecule has 44 heavy (non-hydrogen) atoms. The summed E-state index contributed by atoms with van der Waals surface area (Å²) in [6.45, 7) is 21.8. The summed E-state index contributed by atoms with van der Waals surface area (Å²) in [5, 5.41) is 0. The highest BCUT2D eigenvalue weighted by molar-refractivity contribution is 5.27. The summed E-state index contributed by atoms with van der Waals surface area (Å²) in [4.78, 5) is 0. The molecule has 0 radical (unpaired) electrons. The van der Waals surface area contributed by atoms with E-state index >= 15 is 0 Å². The predicted octanol–water partition coefficient (Wildman–Crippen LogP) is 10.6. The van der Waals surface area contributed by atoms with Crippen molar-refractivity contribution in [1.82, 2.24) is 0 Å². The third kappa shape index (κ3) is 11.4. The molecule has 4 heteroatoms. The molecule has 2 aliphatic heterocycles. The number of benzene rings is 2. The van der Waals surface area contributed by atoms with E-state index in [0.29, 0.717) is 24.0 Å². The smallest absolute Gasteiger partial charge is 0.119 e. The Hall–Kier alpha value is -2.04. The van der Waals surface area contributed by atoms with Crippen LogP contribution in [0.25, 0.3) is 0 Å². The minimum Gasteiger partial charge on any atom is -0.494 e. The third-order valence-corrected chi connectivity index (χ3v) is 10.7. The van der Waals surface area contributed by atoms with Crippen LogP contribution in [0.5, 0.6) is 11.5 Å². The standard InChI is InChI=1S/2C20H32O2/c1-6-17-8-10-18(11-9-17)21-13-12-15(3)16(4)14-19-20(5,7-2)22-19;1-5-16-8-11-18(12-9-16)21-15-14-17(6-2)10-13-19-20(4,7-3)22-19/h8-11,15-16,19H,6-7,12-14H2,1-5H3;8-9,11-12,17,19H,5-7,10,13-15H2,1-4H3. The molecule has 2 saturated heterocycles. The van der Waals surface area contributed by atoms with Crippen LogP contribution < -0.4 is 9.47 Å². The highest BCUT2D eigenvalue weighted by Gasteiger charge is 2.51. The summed E-state index contributed by atoms with van der Waals surface area (Å²) >= 11 is 0. The topological polar surface area (TPSA) is 43.5 Å². The Bertz CT molecular complexity index is 1010. The summed E-state index contributed by atoms with van der Waals surface area (Å²) in [6, 6.07) is 16.9. The van der Waals surface area contributed by atoms with Crippen LogP contribution in [0.15, 0.2) is 48.5 Å². The van der Waals surface area contributed by atoms with Gasteiger partial charge in [-0.2, -0.15) is 0 Å². The van der Waals surface area contributed by atoms with E-state index < -0.39 is 0 Å². The lowest BCUT2D eigenvalue weighted by molar-refractivity contribution is 0.234. The maximum atomic E-state index is 5.89. The van der Waals surface area contributed by atoms with Crippen LogP contribution in [0.2, 0.25) is 0 Å². The third-order valence-electron chi connectivity index (χ3n) is 10.7. The number of hydrogen-bond donors (Lipinski definition) is 0. The van der Waals surface area contributed by atoms with Crippen molar-refractivity contribution in [3.63, 3.8) is 0 Å². The summed E-state index contributed by atoms with van der Waals surface area (Å²) < 4.78 is 23.4. The van der Waals surface area contributed by atoms with Gasteiger partial charge in [0.1, 0.15) is 11.5 Å². The van der Waals surface area contributed by atoms with Crippen molar-refractivity contribution in [3.8, 4) is 11.5 Å². The van der Waals surface area contributed by atoms with Crippen molar-refractivity contribution >= 4 is 0 Å². The van der Waals surface area contributed by atoms with Crippen molar-refractivity contribution < 1.29 is 18.9 Å². The molecular formula is C40H64O4. The number of aryl methyl sites for hydroxylation is 2. The minimum absolute atomic E-state index is 0.158. The molecule has 7 atom stereocenters. The molecule has 2 aromatic rings. The minimum atomic E-state index is 0.158. The Labute approximate surface area is 270 Å². The molecule has 2 aliphatic rings. The van der Waals surface area contributed by atoms with Gasteiger partial charge in [-0.15, -0.1) is 0 Å². The van der Waals surface area contributed by atoms with Gasteiger partial charge in [-0.25, -0.2) is 0 Å². The molecule has 0 saturated carbocycles. The van der Waals surface area contributed by atoms with E-state index in [4.69, 9.17) is 18.9 Å². The summed E-state index contributed by atoms with van der Waals surface area (Å²) in [5.74, 6) is 4.09. The number of ether oxygens (including phenoxy) is 4. The fourth-order valence-corrected chi connectivity index (χ4v) is 6.01. The molecule has 0 aromatic heterocycles. The van der Waals surface area contributed by atoms with E-state index in [1.165, 1.54) is 36.8 Å². The van der Waals surface area contributed by atoms with E-state index in [-0.39, 0.29) is 11.2 Å². The Morgan fingerprint density at radius 3 is 1.55 bits per heavy atom. The summed E-state index contributed by atoms with van der Waals surface area (Å²) in [5.41, 5.74) is 3.06. The van der Waals surface area contributed by atoms with Crippen LogP contribution in [0.3, 0.4) is 0 Å². The van der Waals surface area contributed by atoms with Gasteiger partial charge in [0.25, 0.3) is 0 Å². The van der Waals surface area contributed by atoms with Crippen LogP contribution in [-0.4, -0.2) is 36.6 Å².